The van der Waals surface area contributed by atoms with E-state index in [1.807, 2.05) is 0 Å². The minimum absolute atomic E-state index is 0.00803. The van der Waals surface area contributed by atoms with Gasteiger partial charge in [0.25, 0.3) is 0 Å². The summed E-state index contributed by atoms with van der Waals surface area (Å²) in [5.74, 6) is 0. The lowest BCUT2D eigenvalue weighted by Gasteiger charge is -2.22. The topological polar surface area (TPSA) is 0 Å². The third kappa shape index (κ3) is 3.00. The Balaban J connectivity index is 1.40. The molecule has 6 aromatic rings. The van der Waals surface area contributed by atoms with Crippen molar-refractivity contribution in [3.8, 4) is 33.4 Å². The Morgan fingerprint density at radius 2 is 1.06 bits per heavy atom. The predicted octanol–water partition coefficient (Wildman–Crippen LogP) is 9.63. The minimum atomic E-state index is 0.00803. The van der Waals surface area contributed by atoms with Crippen LogP contribution in [0.15, 0.2) is 121 Å². The Morgan fingerprint density at radius 3 is 1.94 bits per heavy atom. The van der Waals surface area contributed by atoms with E-state index < -0.39 is 0 Å². The zero-order chi connectivity index (χ0) is 23.6. The van der Waals surface area contributed by atoms with Crippen LogP contribution in [0.3, 0.4) is 0 Å². The summed E-state index contributed by atoms with van der Waals surface area (Å²) in [5.41, 5.74) is 10.7. The van der Waals surface area contributed by atoms with Gasteiger partial charge in [-0.3, -0.25) is 0 Å². The molecular weight excluding hydrogens is 420 g/mol. The second kappa shape index (κ2) is 7.42. The summed E-state index contributed by atoms with van der Waals surface area (Å²) in [5, 5.41) is 5.20. The Hall–Kier alpha value is -4.16. The van der Waals surface area contributed by atoms with Crippen molar-refractivity contribution in [2.75, 3.05) is 0 Å². The first kappa shape index (κ1) is 20.2. The molecule has 0 aromatic heterocycles. The molecule has 0 saturated heterocycles. The Bertz CT molecular complexity index is 1770. The Labute approximate surface area is 206 Å². The maximum atomic E-state index is 2.41. The summed E-state index contributed by atoms with van der Waals surface area (Å²) in [6, 6.07) is 44.7. The highest BCUT2D eigenvalue weighted by atomic mass is 14.4. The van der Waals surface area contributed by atoms with E-state index in [-0.39, 0.29) is 5.41 Å². The van der Waals surface area contributed by atoms with E-state index in [2.05, 4.69) is 135 Å². The van der Waals surface area contributed by atoms with Gasteiger partial charge in [0.1, 0.15) is 0 Å². The average molecular weight is 447 g/mol. The van der Waals surface area contributed by atoms with Crippen LogP contribution in [0.1, 0.15) is 25.0 Å². The van der Waals surface area contributed by atoms with Crippen LogP contribution in [0.2, 0.25) is 0 Å². The van der Waals surface area contributed by atoms with Crippen LogP contribution in [0.5, 0.6) is 0 Å². The standard InChI is InChI=1S/C35H26/c1-35(2)33-17-8-7-16-30(33)31-19-18-24(22-34(31)35)23-11-9-12-25(20-23)32-21-26-10-3-4-13-27(26)28-14-5-6-15-29(28)32/h3-22H,1-2H3. The SMILES string of the molecule is CC1(C)c2ccccc2-c2ccc(-c3cccc(-c4cc5ccccc5c5ccccc45)c3)cc21. The highest BCUT2D eigenvalue weighted by Gasteiger charge is 2.35. The van der Waals surface area contributed by atoms with Crippen molar-refractivity contribution in [3.63, 3.8) is 0 Å². The van der Waals surface area contributed by atoms with Crippen LogP contribution < -0.4 is 0 Å². The molecule has 35 heavy (non-hydrogen) atoms. The number of benzene rings is 6. The van der Waals surface area contributed by atoms with Gasteiger partial charge in [-0.2, -0.15) is 0 Å². The normalized spacial score (nSPS) is 13.7. The monoisotopic (exact) mass is 446 g/mol. The smallest absolute Gasteiger partial charge is 0.0159 e. The largest absolute Gasteiger partial charge is 0.0619 e. The zero-order valence-electron chi connectivity index (χ0n) is 20.0. The highest BCUT2D eigenvalue weighted by molar-refractivity contribution is 6.13. The molecule has 0 N–H and O–H groups in total. The van der Waals surface area contributed by atoms with Crippen molar-refractivity contribution in [2.45, 2.75) is 19.3 Å². The molecule has 0 spiro atoms. The third-order valence-corrected chi connectivity index (χ3v) is 7.86. The Morgan fingerprint density at radius 1 is 0.400 bits per heavy atom. The summed E-state index contributed by atoms with van der Waals surface area (Å²) < 4.78 is 0. The van der Waals surface area contributed by atoms with E-state index in [0.29, 0.717) is 0 Å². The molecule has 0 bridgehead atoms. The molecule has 0 fully saturated rings. The molecule has 7 rings (SSSR count). The molecule has 0 saturated carbocycles. The van der Waals surface area contributed by atoms with Crippen LogP contribution in [0.4, 0.5) is 0 Å². The average Bonchev–Trinajstić information content (AvgIpc) is 3.14. The fourth-order valence-corrected chi connectivity index (χ4v) is 6.04. The quantitative estimate of drug-likeness (QED) is 0.232. The van der Waals surface area contributed by atoms with Crippen LogP contribution >= 0.6 is 0 Å². The van der Waals surface area contributed by atoms with E-state index in [9.17, 15) is 0 Å². The molecule has 0 aliphatic heterocycles. The van der Waals surface area contributed by atoms with Gasteiger partial charge in [-0.05, 0) is 84.3 Å². The lowest BCUT2D eigenvalue weighted by molar-refractivity contribution is 0.660. The molecule has 1 aliphatic carbocycles. The van der Waals surface area contributed by atoms with Crippen LogP contribution in [-0.2, 0) is 5.41 Å². The van der Waals surface area contributed by atoms with E-state index in [1.165, 1.54) is 66.1 Å². The maximum Gasteiger partial charge on any atom is 0.0159 e. The van der Waals surface area contributed by atoms with Gasteiger partial charge >= 0.3 is 0 Å². The first-order valence-electron chi connectivity index (χ1n) is 12.4. The summed E-state index contributed by atoms with van der Waals surface area (Å²) in [6.45, 7) is 4.69. The summed E-state index contributed by atoms with van der Waals surface area (Å²) >= 11 is 0. The van der Waals surface area contributed by atoms with Crippen LogP contribution in [0, 0.1) is 0 Å². The summed E-state index contributed by atoms with van der Waals surface area (Å²) in [7, 11) is 0. The fourth-order valence-electron chi connectivity index (χ4n) is 6.04. The molecular formula is C35H26. The van der Waals surface area contributed by atoms with Gasteiger partial charge in [0.05, 0.1) is 0 Å². The lowest BCUT2D eigenvalue weighted by Crippen LogP contribution is -2.14. The van der Waals surface area contributed by atoms with Crippen LogP contribution in [0.25, 0.3) is 54.9 Å². The molecule has 0 nitrogen and oxygen atoms in total. The van der Waals surface area contributed by atoms with Gasteiger partial charge in [0.15, 0.2) is 0 Å². The van der Waals surface area contributed by atoms with E-state index in [0.717, 1.165) is 0 Å². The number of hydrogen-bond acceptors (Lipinski definition) is 0. The molecule has 1 aliphatic rings. The molecule has 6 aromatic carbocycles. The van der Waals surface area contributed by atoms with Gasteiger partial charge in [0, 0.05) is 5.41 Å². The van der Waals surface area contributed by atoms with Crippen LogP contribution in [-0.4, -0.2) is 0 Å². The van der Waals surface area contributed by atoms with Gasteiger partial charge in [-0.15, -0.1) is 0 Å². The second-order valence-electron chi connectivity index (χ2n) is 10.2. The van der Waals surface area contributed by atoms with Crippen molar-refractivity contribution in [1.29, 1.82) is 0 Å². The summed E-state index contributed by atoms with van der Waals surface area (Å²) in [6.07, 6.45) is 0. The van der Waals surface area contributed by atoms with E-state index >= 15 is 0 Å². The molecule has 0 heteroatoms. The molecule has 0 heterocycles. The van der Waals surface area contributed by atoms with Crippen molar-refractivity contribution in [3.05, 3.63) is 132 Å². The highest BCUT2D eigenvalue weighted by Crippen LogP contribution is 2.49. The minimum Gasteiger partial charge on any atom is -0.0619 e. The second-order valence-corrected chi connectivity index (χ2v) is 10.2. The molecule has 0 radical (unpaired) electrons. The van der Waals surface area contributed by atoms with Gasteiger partial charge in [0.2, 0.25) is 0 Å². The molecule has 0 amide bonds. The number of fused-ring (bicyclic) bond motifs is 6. The van der Waals surface area contributed by atoms with Crippen molar-refractivity contribution in [2.24, 2.45) is 0 Å². The number of hydrogen-bond donors (Lipinski definition) is 0. The predicted molar refractivity (Wildman–Crippen MR) is 150 cm³/mol. The van der Waals surface area contributed by atoms with Crippen molar-refractivity contribution < 1.29 is 0 Å². The Kier molecular flexibility index (Phi) is 4.29. The molecule has 166 valence electrons. The van der Waals surface area contributed by atoms with Crippen molar-refractivity contribution >= 4 is 21.5 Å². The van der Waals surface area contributed by atoms with Gasteiger partial charge < -0.3 is 0 Å². The number of rotatable bonds is 2. The van der Waals surface area contributed by atoms with E-state index in [4.69, 9.17) is 0 Å². The van der Waals surface area contributed by atoms with Gasteiger partial charge in [-0.25, -0.2) is 0 Å². The van der Waals surface area contributed by atoms with Gasteiger partial charge in [-0.1, -0.05) is 117 Å². The molecule has 0 unspecified atom stereocenters. The third-order valence-electron chi connectivity index (χ3n) is 7.86. The van der Waals surface area contributed by atoms with E-state index in [1.54, 1.807) is 0 Å². The van der Waals surface area contributed by atoms with Crippen molar-refractivity contribution in [1.82, 2.24) is 0 Å². The fraction of sp³-hybridized carbons (Fsp3) is 0.0857. The zero-order valence-corrected chi connectivity index (χ0v) is 20.0. The maximum absolute atomic E-state index is 2.41. The first-order valence-corrected chi connectivity index (χ1v) is 12.4. The molecule has 0 atom stereocenters. The summed E-state index contributed by atoms with van der Waals surface area (Å²) in [4.78, 5) is 0. The first-order chi connectivity index (χ1) is 17.1. The lowest BCUT2D eigenvalue weighted by atomic mass is 9.81.